The second-order valence-corrected chi connectivity index (χ2v) is 3.94. The molecule has 12 heavy (non-hydrogen) atoms. The van der Waals surface area contributed by atoms with Crippen molar-refractivity contribution < 1.29 is 18.9 Å². The van der Waals surface area contributed by atoms with E-state index in [1.807, 2.05) is 13.8 Å². The molecule has 4 heteroatoms. The topological polar surface area (TPSA) is 36.9 Å². The van der Waals surface area contributed by atoms with Gasteiger partial charge in [-0.25, -0.2) is 0 Å². The third-order valence-corrected chi connectivity index (χ3v) is 2.54. The Bertz CT molecular complexity index is 215. The standard InChI is InChI=1S/C8H12O4/c1-8(2)11-6-5-4(3-9-5)10-7(6)12-8/h4-7H,3H2,1-2H3/t4-,5+,6-,7?/m1/s1. The van der Waals surface area contributed by atoms with Crippen LogP contribution in [0.25, 0.3) is 0 Å². The van der Waals surface area contributed by atoms with Crippen molar-refractivity contribution in [3.63, 3.8) is 0 Å². The molecule has 0 radical (unpaired) electrons. The largest absolute Gasteiger partial charge is 0.370 e. The van der Waals surface area contributed by atoms with Crippen molar-refractivity contribution in [2.75, 3.05) is 6.61 Å². The molecule has 3 heterocycles. The zero-order valence-corrected chi connectivity index (χ0v) is 7.15. The molecule has 0 bridgehead atoms. The molecule has 0 amide bonds. The Kier molecular flexibility index (Phi) is 1.22. The monoisotopic (exact) mass is 172 g/mol. The minimum atomic E-state index is -0.515. The van der Waals surface area contributed by atoms with Crippen molar-refractivity contribution in [2.24, 2.45) is 0 Å². The first-order valence-electron chi connectivity index (χ1n) is 4.28. The molecule has 0 N–H and O–H groups in total. The Morgan fingerprint density at radius 2 is 2.00 bits per heavy atom. The molecule has 0 aromatic heterocycles. The highest BCUT2D eigenvalue weighted by Crippen LogP contribution is 2.42. The zero-order chi connectivity index (χ0) is 8.34. The maximum absolute atomic E-state index is 5.63. The lowest BCUT2D eigenvalue weighted by Crippen LogP contribution is -2.48. The molecular weight excluding hydrogens is 160 g/mol. The zero-order valence-electron chi connectivity index (χ0n) is 7.15. The van der Waals surface area contributed by atoms with Gasteiger partial charge in [0, 0.05) is 0 Å². The number of ether oxygens (including phenoxy) is 4. The van der Waals surface area contributed by atoms with Gasteiger partial charge < -0.3 is 18.9 Å². The van der Waals surface area contributed by atoms with Gasteiger partial charge in [-0.05, 0) is 13.8 Å². The highest BCUT2D eigenvalue weighted by molar-refractivity contribution is 4.98. The van der Waals surface area contributed by atoms with Crippen molar-refractivity contribution in [2.45, 2.75) is 44.2 Å². The van der Waals surface area contributed by atoms with Gasteiger partial charge in [-0.3, -0.25) is 0 Å². The third kappa shape index (κ3) is 0.808. The first-order chi connectivity index (χ1) is 5.66. The average molecular weight is 172 g/mol. The van der Waals surface area contributed by atoms with Gasteiger partial charge in [-0.1, -0.05) is 0 Å². The van der Waals surface area contributed by atoms with Crippen LogP contribution in [0.2, 0.25) is 0 Å². The van der Waals surface area contributed by atoms with E-state index in [0.717, 1.165) is 0 Å². The molecule has 0 spiro atoms. The molecule has 1 unspecified atom stereocenters. The van der Waals surface area contributed by atoms with E-state index in [0.29, 0.717) is 6.61 Å². The van der Waals surface area contributed by atoms with Crippen molar-refractivity contribution in [1.82, 2.24) is 0 Å². The lowest BCUT2D eigenvalue weighted by Gasteiger charge is -2.32. The van der Waals surface area contributed by atoms with Gasteiger partial charge in [0.25, 0.3) is 0 Å². The minimum absolute atomic E-state index is 0.0150. The van der Waals surface area contributed by atoms with Crippen LogP contribution in [0.15, 0.2) is 0 Å². The molecule has 3 rings (SSSR count). The molecule has 0 saturated carbocycles. The summed E-state index contributed by atoms with van der Waals surface area (Å²) in [6.07, 6.45) is 0.0872. The van der Waals surface area contributed by atoms with Crippen LogP contribution in [-0.4, -0.2) is 37.0 Å². The Balaban J connectivity index is 1.81. The van der Waals surface area contributed by atoms with E-state index in [2.05, 4.69) is 0 Å². The van der Waals surface area contributed by atoms with E-state index < -0.39 is 5.79 Å². The summed E-state index contributed by atoms with van der Waals surface area (Å²) < 4.78 is 22.0. The molecule has 3 fully saturated rings. The fraction of sp³-hybridized carbons (Fsp3) is 1.00. The van der Waals surface area contributed by atoms with Crippen molar-refractivity contribution in [1.29, 1.82) is 0 Å². The van der Waals surface area contributed by atoms with E-state index >= 15 is 0 Å². The van der Waals surface area contributed by atoms with E-state index in [9.17, 15) is 0 Å². The Hall–Kier alpha value is -0.160. The van der Waals surface area contributed by atoms with Gasteiger partial charge in [0.05, 0.1) is 6.61 Å². The smallest absolute Gasteiger partial charge is 0.190 e. The first-order valence-corrected chi connectivity index (χ1v) is 4.28. The van der Waals surface area contributed by atoms with Gasteiger partial charge >= 0.3 is 0 Å². The third-order valence-electron chi connectivity index (χ3n) is 2.54. The number of hydrogen-bond donors (Lipinski definition) is 0. The second kappa shape index (κ2) is 2.01. The maximum Gasteiger partial charge on any atom is 0.190 e. The maximum atomic E-state index is 5.63. The van der Waals surface area contributed by atoms with Crippen molar-refractivity contribution >= 4 is 0 Å². The summed E-state index contributed by atoms with van der Waals surface area (Å²) in [5.41, 5.74) is 0. The summed E-state index contributed by atoms with van der Waals surface area (Å²) in [5.74, 6) is -0.515. The van der Waals surface area contributed by atoms with E-state index in [1.165, 1.54) is 0 Å². The highest BCUT2D eigenvalue weighted by atomic mass is 16.9. The van der Waals surface area contributed by atoms with Crippen molar-refractivity contribution in [3.8, 4) is 0 Å². The Labute approximate surface area is 70.7 Å². The fourth-order valence-corrected chi connectivity index (χ4v) is 1.97. The highest BCUT2D eigenvalue weighted by Gasteiger charge is 2.59. The predicted molar refractivity (Wildman–Crippen MR) is 38.4 cm³/mol. The van der Waals surface area contributed by atoms with Crippen LogP contribution in [0.5, 0.6) is 0 Å². The summed E-state index contributed by atoms with van der Waals surface area (Å²) in [5, 5.41) is 0. The van der Waals surface area contributed by atoms with E-state index in [-0.39, 0.29) is 24.6 Å². The molecule has 3 aliphatic heterocycles. The van der Waals surface area contributed by atoms with Gasteiger partial charge in [-0.2, -0.15) is 0 Å². The second-order valence-electron chi connectivity index (χ2n) is 3.94. The molecule has 3 saturated heterocycles. The lowest BCUT2D eigenvalue weighted by atomic mass is 10.1. The average Bonchev–Trinajstić information content (AvgIpc) is 2.26. The van der Waals surface area contributed by atoms with Crippen LogP contribution in [0.3, 0.4) is 0 Å². The van der Waals surface area contributed by atoms with E-state index in [1.54, 1.807) is 0 Å². The number of fused-ring (bicyclic) bond motifs is 3. The molecule has 0 aromatic rings. The summed E-state index contributed by atoms with van der Waals surface area (Å²) in [4.78, 5) is 0. The van der Waals surface area contributed by atoms with Crippen LogP contribution in [0.1, 0.15) is 13.8 Å². The predicted octanol–water partition coefficient (Wildman–Crippen LogP) is 0.262. The lowest BCUT2D eigenvalue weighted by molar-refractivity contribution is -0.253. The van der Waals surface area contributed by atoms with Crippen LogP contribution < -0.4 is 0 Å². The quantitative estimate of drug-likeness (QED) is 0.525. The number of hydrogen-bond acceptors (Lipinski definition) is 4. The van der Waals surface area contributed by atoms with Crippen LogP contribution in [-0.2, 0) is 18.9 Å². The summed E-state index contributed by atoms with van der Waals surface area (Å²) in [7, 11) is 0. The minimum Gasteiger partial charge on any atom is -0.370 e. The SMILES string of the molecule is CC1(C)OC2O[C@@H]3CO[C@@H]3[C@H]2O1. The van der Waals surface area contributed by atoms with Gasteiger partial charge in [-0.15, -0.1) is 0 Å². The normalized spacial score (nSPS) is 54.5. The number of rotatable bonds is 0. The van der Waals surface area contributed by atoms with Crippen LogP contribution >= 0.6 is 0 Å². The summed E-state index contributed by atoms with van der Waals surface area (Å²) in [6.45, 7) is 4.47. The fourth-order valence-electron chi connectivity index (χ4n) is 1.97. The molecule has 0 aromatic carbocycles. The van der Waals surface area contributed by atoms with Gasteiger partial charge in [0.2, 0.25) is 0 Å². The van der Waals surface area contributed by atoms with Gasteiger partial charge in [0.1, 0.15) is 18.3 Å². The molecule has 68 valence electrons. The summed E-state index contributed by atoms with van der Waals surface area (Å²) in [6, 6.07) is 0. The van der Waals surface area contributed by atoms with Crippen LogP contribution in [0.4, 0.5) is 0 Å². The van der Waals surface area contributed by atoms with Crippen molar-refractivity contribution in [3.05, 3.63) is 0 Å². The molecule has 4 nitrogen and oxygen atoms in total. The first kappa shape index (κ1) is 7.26. The van der Waals surface area contributed by atoms with Gasteiger partial charge in [0.15, 0.2) is 12.1 Å². The van der Waals surface area contributed by atoms with Crippen LogP contribution in [0, 0.1) is 0 Å². The van der Waals surface area contributed by atoms with E-state index in [4.69, 9.17) is 18.9 Å². The molecule has 4 atom stereocenters. The Morgan fingerprint density at radius 3 is 2.67 bits per heavy atom. The molecular formula is C8H12O4. The Morgan fingerprint density at radius 1 is 1.17 bits per heavy atom. The molecule has 3 aliphatic rings. The molecule has 0 aliphatic carbocycles. The summed E-state index contributed by atoms with van der Waals surface area (Å²) >= 11 is 0.